The zero-order chi connectivity index (χ0) is 21.2. The van der Waals surface area contributed by atoms with Crippen LogP contribution in [0.2, 0.25) is 0 Å². The van der Waals surface area contributed by atoms with Crippen LogP contribution in [-0.2, 0) is 0 Å². The summed E-state index contributed by atoms with van der Waals surface area (Å²) in [6.07, 6.45) is 8.36. The molecule has 5 radical (unpaired) electrons. The maximum Gasteiger partial charge on any atom is 0.0120 e. The van der Waals surface area contributed by atoms with Crippen molar-refractivity contribution in [2.75, 3.05) is 6.16 Å². The summed E-state index contributed by atoms with van der Waals surface area (Å²) in [6, 6.07) is 18.0. The quantitative estimate of drug-likeness (QED) is 0.434. The third kappa shape index (κ3) is 4.97. The molecule has 0 saturated heterocycles. The number of hydrogen-bond acceptors (Lipinski definition) is 0. The Bertz CT molecular complexity index is 759. The van der Waals surface area contributed by atoms with Gasteiger partial charge in [-0.1, -0.05) is 91.1 Å². The second kappa shape index (κ2) is 9.62. The van der Waals surface area contributed by atoms with Crippen LogP contribution < -0.4 is 10.6 Å². The lowest BCUT2D eigenvalue weighted by Gasteiger charge is -2.41. The Morgan fingerprint density at radius 1 is 0.828 bits per heavy atom. The summed E-state index contributed by atoms with van der Waals surface area (Å²) >= 11 is 0. The van der Waals surface area contributed by atoms with E-state index in [0.29, 0.717) is 10.8 Å². The predicted octanol–water partition coefficient (Wildman–Crippen LogP) is 7.16. The third-order valence-corrected chi connectivity index (χ3v) is 12.2. The highest BCUT2D eigenvalue weighted by Gasteiger charge is 2.44. The van der Waals surface area contributed by atoms with E-state index in [1.165, 1.54) is 27.9 Å². The first-order valence-corrected chi connectivity index (χ1v) is 13.6. The van der Waals surface area contributed by atoms with Crippen molar-refractivity contribution in [3.63, 3.8) is 0 Å². The fourth-order valence-electron chi connectivity index (χ4n) is 4.38. The van der Waals surface area contributed by atoms with Crippen LogP contribution >= 0.6 is 15.8 Å². The van der Waals surface area contributed by atoms with E-state index in [-0.39, 0.29) is 7.92 Å². The van der Waals surface area contributed by atoms with Crippen molar-refractivity contribution in [2.45, 2.75) is 59.3 Å². The molecule has 29 heavy (non-hydrogen) atoms. The Kier molecular flexibility index (Phi) is 7.62. The molecule has 0 spiro atoms. The van der Waals surface area contributed by atoms with E-state index in [4.69, 9.17) is 0 Å². The molecular formula is C27H35P2. The molecule has 2 atom stereocenters. The minimum absolute atomic E-state index is 0.178. The van der Waals surface area contributed by atoms with E-state index in [9.17, 15) is 0 Å². The van der Waals surface area contributed by atoms with Crippen LogP contribution in [0.4, 0.5) is 0 Å². The Balaban J connectivity index is 2.04. The van der Waals surface area contributed by atoms with Crippen molar-refractivity contribution in [3.8, 4) is 0 Å². The molecule has 0 N–H and O–H groups in total. The minimum atomic E-state index is -0.476. The van der Waals surface area contributed by atoms with E-state index in [1.807, 2.05) is 0 Å². The maximum atomic E-state index is 2.47. The van der Waals surface area contributed by atoms with Crippen LogP contribution in [-0.4, -0.2) is 17.0 Å². The number of benzene rings is 2. The highest BCUT2D eigenvalue weighted by Crippen LogP contribution is 2.67. The first-order valence-electron chi connectivity index (χ1n) is 10.7. The summed E-state index contributed by atoms with van der Waals surface area (Å²) in [5.41, 5.74) is 4.94. The lowest BCUT2D eigenvalue weighted by atomic mass is 10.0. The molecule has 3 rings (SSSR count). The third-order valence-electron chi connectivity index (χ3n) is 5.83. The first-order chi connectivity index (χ1) is 13.8. The highest BCUT2D eigenvalue weighted by molar-refractivity contribution is 7.74. The lowest BCUT2D eigenvalue weighted by Crippen LogP contribution is -2.30. The number of rotatable bonds is 6. The topological polar surface area (TPSA) is 0 Å². The normalized spacial score (nSPS) is 18.3. The van der Waals surface area contributed by atoms with E-state index in [1.54, 1.807) is 11.6 Å². The molecule has 0 amide bonds. The Hall–Kier alpha value is -0.700. The molecule has 153 valence electrons. The van der Waals surface area contributed by atoms with Crippen molar-refractivity contribution >= 4 is 26.5 Å². The molecule has 1 aliphatic rings. The molecule has 2 aromatic rings. The van der Waals surface area contributed by atoms with Gasteiger partial charge in [0.25, 0.3) is 0 Å². The Morgan fingerprint density at radius 3 is 1.79 bits per heavy atom. The second-order valence-corrected chi connectivity index (χ2v) is 14.7. The molecule has 0 nitrogen and oxygen atoms in total. The van der Waals surface area contributed by atoms with E-state index in [2.05, 4.69) is 116 Å². The summed E-state index contributed by atoms with van der Waals surface area (Å²) in [7, 11) is -0.654. The van der Waals surface area contributed by atoms with Gasteiger partial charge in [0.2, 0.25) is 0 Å². The fraction of sp³-hybridized carbons (Fsp3) is 0.370. The van der Waals surface area contributed by atoms with Gasteiger partial charge in [-0.25, -0.2) is 0 Å². The van der Waals surface area contributed by atoms with Crippen LogP contribution in [0.15, 0.2) is 48.5 Å². The van der Waals surface area contributed by atoms with E-state index in [0.717, 1.165) is 0 Å². The maximum absolute atomic E-state index is 2.47. The van der Waals surface area contributed by atoms with Gasteiger partial charge in [0.1, 0.15) is 0 Å². The van der Waals surface area contributed by atoms with Crippen molar-refractivity contribution in [1.82, 2.24) is 0 Å². The zero-order valence-corrected chi connectivity index (χ0v) is 20.8. The highest BCUT2D eigenvalue weighted by atomic mass is 31.1. The monoisotopic (exact) mass is 421 g/mol. The summed E-state index contributed by atoms with van der Waals surface area (Å²) < 4.78 is 0. The van der Waals surface area contributed by atoms with Gasteiger partial charge >= 0.3 is 0 Å². The van der Waals surface area contributed by atoms with Gasteiger partial charge in [0.15, 0.2) is 0 Å². The predicted molar refractivity (Wildman–Crippen MR) is 135 cm³/mol. The lowest BCUT2D eigenvalue weighted by molar-refractivity contribution is 0.778. The summed E-state index contributed by atoms with van der Waals surface area (Å²) in [6.45, 7) is 16.6. The van der Waals surface area contributed by atoms with Crippen LogP contribution in [0.25, 0.3) is 0 Å². The van der Waals surface area contributed by atoms with Crippen LogP contribution in [0, 0.1) is 44.7 Å². The van der Waals surface area contributed by atoms with Gasteiger partial charge in [0, 0.05) is 5.66 Å². The SMILES string of the molecule is CCP([C]1[CH][CH][CH][C]1[C@H](C)P(c1ccccc1C)c1ccccc1C)C(C)(C)C. The van der Waals surface area contributed by atoms with Crippen molar-refractivity contribution in [2.24, 2.45) is 0 Å². The minimum Gasteiger partial charge on any atom is -0.0932 e. The second-order valence-electron chi connectivity index (χ2n) is 8.90. The van der Waals surface area contributed by atoms with Gasteiger partial charge < -0.3 is 0 Å². The molecule has 0 bridgehead atoms. The summed E-state index contributed by atoms with van der Waals surface area (Å²) in [4.78, 5) is 0. The van der Waals surface area contributed by atoms with Gasteiger partial charge in [0.05, 0.1) is 0 Å². The average molecular weight is 422 g/mol. The molecular weight excluding hydrogens is 386 g/mol. The van der Waals surface area contributed by atoms with Crippen LogP contribution in [0.5, 0.6) is 0 Å². The standard InChI is InChI=1S/C27H35P2/c1-8-28(27(5,6)7)26-19-13-16-23(26)22(4)29(24-17-11-9-14-20(24)2)25-18-12-10-15-21(25)3/h9-19,22H,8H2,1-7H3/t22-,28?/m0/s1. The number of aryl methyl sites for hydroxylation is 2. The molecule has 0 aromatic heterocycles. The van der Waals surface area contributed by atoms with Crippen molar-refractivity contribution in [1.29, 1.82) is 0 Å². The summed E-state index contributed by atoms with van der Waals surface area (Å²) in [5.74, 6) is 1.57. The van der Waals surface area contributed by atoms with Crippen LogP contribution in [0.1, 0.15) is 45.7 Å². The molecule has 1 fully saturated rings. The summed E-state index contributed by atoms with van der Waals surface area (Å²) in [5, 5.41) is 3.38. The molecule has 1 unspecified atom stereocenters. The van der Waals surface area contributed by atoms with Gasteiger partial charge in [-0.05, 0) is 85.7 Å². The number of hydrogen-bond donors (Lipinski definition) is 0. The fourth-order valence-corrected chi connectivity index (χ4v) is 10.3. The molecule has 1 saturated carbocycles. The Morgan fingerprint density at radius 2 is 1.34 bits per heavy atom. The molecule has 2 aromatic carbocycles. The largest absolute Gasteiger partial charge is 0.0932 e. The zero-order valence-electron chi connectivity index (χ0n) is 19.0. The first kappa shape index (κ1) is 23.0. The molecule has 0 heterocycles. The van der Waals surface area contributed by atoms with Crippen molar-refractivity contribution < 1.29 is 0 Å². The smallest absolute Gasteiger partial charge is 0.0120 e. The van der Waals surface area contributed by atoms with Crippen molar-refractivity contribution in [3.05, 3.63) is 90.5 Å². The van der Waals surface area contributed by atoms with E-state index >= 15 is 0 Å². The van der Waals surface area contributed by atoms with Gasteiger partial charge in [-0.2, -0.15) is 0 Å². The Labute approximate surface area is 182 Å². The van der Waals surface area contributed by atoms with Gasteiger partial charge in [-0.15, -0.1) is 0 Å². The molecule has 0 aliphatic heterocycles. The van der Waals surface area contributed by atoms with E-state index < -0.39 is 7.92 Å². The molecule has 1 aliphatic carbocycles. The van der Waals surface area contributed by atoms with Gasteiger partial charge in [-0.3, -0.25) is 0 Å². The van der Waals surface area contributed by atoms with Crippen LogP contribution in [0.3, 0.4) is 0 Å². The molecule has 2 heteroatoms. The average Bonchev–Trinajstić information content (AvgIpc) is 3.13.